The van der Waals surface area contributed by atoms with Crippen molar-refractivity contribution in [3.05, 3.63) is 29.6 Å². The summed E-state index contributed by atoms with van der Waals surface area (Å²) in [7, 11) is 0. The Balaban J connectivity index is 1.47. The average molecular weight is 344 g/mol. The van der Waals surface area contributed by atoms with Gasteiger partial charge in [0, 0.05) is 37.4 Å². The molecule has 0 N–H and O–H groups in total. The molecular weight excluding hydrogens is 316 g/mol. The lowest BCUT2D eigenvalue weighted by molar-refractivity contribution is -0.147. The van der Waals surface area contributed by atoms with E-state index in [4.69, 9.17) is 9.47 Å². The summed E-state index contributed by atoms with van der Waals surface area (Å²) in [4.78, 5) is 19.3. The van der Waals surface area contributed by atoms with E-state index in [0.717, 1.165) is 57.2 Å². The highest BCUT2D eigenvalue weighted by molar-refractivity contribution is 5.92. The van der Waals surface area contributed by atoms with Crippen molar-refractivity contribution >= 4 is 5.91 Å². The van der Waals surface area contributed by atoms with Crippen LogP contribution >= 0.6 is 0 Å². The smallest absolute Gasteiger partial charge is 0.272 e. The third kappa shape index (κ3) is 3.72. The fourth-order valence-corrected chi connectivity index (χ4v) is 4.21. The Morgan fingerprint density at radius 1 is 1.40 bits per heavy atom. The first kappa shape index (κ1) is 17.0. The minimum Gasteiger partial charge on any atom is -0.380 e. The van der Waals surface area contributed by atoms with Gasteiger partial charge in [-0.25, -0.2) is 4.98 Å². The van der Waals surface area contributed by atoms with Crippen LogP contribution in [0.4, 0.5) is 0 Å². The second kappa shape index (κ2) is 7.04. The van der Waals surface area contributed by atoms with E-state index in [0.29, 0.717) is 12.3 Å². The Morgan fingerprint density at radius 3 is 3.08 bits per heavy atom. The summed E-state index contributed by atoms with van der Waals surface area (Å²) < 4.78 is 12.2. The fourth-order valence-electron chi connectivity index (χ4n) is 4.21. The molecule has 2 aliphatic heterocycles. The van der Waals surface area contributed by atoms with E-state index in [9.17, 15) is 4.79 Å². The fraction of sp³-hybridized carbons (Fsp3) is 0.700. The molecule has 5 nitrogen and oxygen atoms in total. The van der Waals surface area contributed by atoms with Crippen molar-refractivity contribution in [2.24, 2.45) is 11.3 Å². The second-order valence-corrected chi connectivity index (χ2v) is 7.96. The Kier molecular flexibility index (Phi) is 4.78. The Labute approximate surface area is 149 Å². The maximum atomic E-state index is 12.9. The van der Waals surface area contributed by atoms with Crippen molar-refractivity contribution in [1.29, 1.82) is 0 Å². The van der Waals surface area contributed by atoms with Crippen molar-refractivity contribution in [3.63, 3.8) is 0 Å². The zero-order valence-electron chi connectivity index (χ0n) is 15.1. The number of hydrogen-bond acceptors (Lipinski definition) is 4. The number of pyridine rings is 1. The number of likely N-dealkylation sites (tertiary alicyclic amines) is 1. The molecule has 2 atom stereocenters. The minimum atomic E-state index is -0.0507. The second-order valence-electron chi connectivity index (χ2n) is 7.96. The lowest BCUT2D eigenvalue weighted by Gasteiger charge is -2.50. The van der Waals surface area contributed by atoms with Crippen LogP contribution in [0.1, 0.15) is 48.3 Å². The van der Waals surface area contributed by atoms with Crippen LogP contribution < -0.4 is 0 Å². The van der Waals surface area contributed by atoms with Gasteiger partial charge in [0.1, 0.15) is 5.69 Å². The summed E-state index contributed by atoms with van der Waals surface area (Å²) in [5.74, 6) is 0.798. The summed E-state index contributed by atoms with van der Waals surface area (Å²) in [6.07, 6.45) is 5.84. The largest absolute Gasteiger partial charge is 0.380 e. The molecule has 1 saturated carbocycles. The van der Waals surface area contributed by atoms with E-state index in [2.05, 4.69) is 4.98 Å². The number of amides is 1. The van der Waals surface area contributed by atoms with Gasteiger partial charge in [0.05, 0.1) is 12.7 Å². The Morgan fingerprint density at radius 2 is 2.28 bits per heavy atom. The number of carbonyl (C=O) groups excluding carboxylic acids is 1. The maximum absolute atomic E-state index is 12.9. The molecule has 136 valence electrons. The van der Waals surface area contributed by atoms with Gasteiger partial charge in [0.15, 0.2) is 0 Å². The molecule has 1 amide bonds. The predicted octanol–water partition coefficient (Wildman–Crippen LogP) is 2.83. The van der Waals surface area contributed by atoms with Gasteiger partial charge >= 0.3 is 0 Å². The maximum Gasteiger partial charge on any atom is 0.272 e. The third-order valence-electron chi connectivity index (χ3n) is 5.82. The molecule has 3 fully saturated rings. The van der Waals surface area contributed by atoms with Crippen molar-refractivity contribution in [2.75, 3.05) is 32.9 Å². The molecule has 2 unspecified atom stereocenters. The van der Waals surface area contributed by atoms with E-state index in [1.807, 2.05) is 30.0 Å². The van der Waals surface area contributed by atoms with Crippen LogP contribution in [-0.4, -0.2) is 54.8 Å². The van der Waals surface area contributed by atoms with E-state index < -0.39 is 0 Å². The van der Waals surface area contributed by atoms with Crippen LogP contribution in [0.3, 0.4) is 0 Å². The summed E-state index contributed by atoms with van der Waals surface area (Å²) in [6.45, 7) is 5.79. The van der Waals surface area contributed by atoms with Crippen molar-refractivity contribution in [1.82, 2.24) is 9.88 Å². The molecule has 4 rings (SSSR count). The number of ether oxygens (including phenoxy) is 2. The van der Waals surface area contributed by atoms with Crippen LogP contribution in [0.5, 0.6) is 0 Å². The van der Waals surface area contributed by atoms with Crippen molar-refractivity contribution < 1.29 is 14.3 Å². The van der Waals surface area contributed by atoms with Gasteiger partial charge in [0.2, 0.25) is 0 Å². The lowest BCUT2D eigenvalue weighted by Crippen LogP contribution is -2.58. The third-order valence-corrected chi connectivity index (χ3v) is 5.82. The van der Waals surface area contributed by atoms with Crippen molar-refractivity contribution in [3.8, 4) is 0 Å². The lowest BCUT2D eigenvalue weighted by atomic mass is 9.73. The number of hydrogen-bond donors (Lipinski definition) is 0. The van der Waals surface area contributed by atoms with Crippen LogP contribution in [-0.2, 0) is 9.47 Å². The highest BCUT2D eigenvalue weighted by Crippen LogP contribution is 2.41. The number of aryl methyl sites for hydroxylation is 1. The highest BCUT2D eigenvalue weighted by Gasteiger charge is 2.47. The minimum absolute atomic E-state index is 0.0364. The first-order chi connectivity index (χ1) is 12.2. The molecule has 0 bridgehead atoms. The summed E-state index contributed by atoms with van der Waals surface area (Å²) in [5, 5.41) is 0. The Bertz CT molecular complexity index is 631. The zero-order valence-corrected chi connectivity index (χ0v) is 15.1. The highest BCUT2D eigenvalue weighted by atomic mass is 16.5. The van der Waals surface area contributed by atoms with Gasteiger partial charge in [-0.2, -0.15) is 0 Å². The van der Waals surface area contributed by atoms with Gasteiger partial charge in [-0.1, -0.05) is 6.07 Å². The van der Waals surface area contributed by atoms with E-state index in [1.54, 1.807) is 0 Å². The standard InChI is InChI=1S/C20H28N2O3/c1-15-4-2-5-17(21-15)19(23)22-10-8-18-20(13-22,9-3-11-25-18)14-24-12-16-6-7-16/h2,4-5,16,18H,3,6-14H2,1H3. The van der Waals surface area contributed by atoms with E-state index in [-0.39, 0.29) is 17.4 Å². The number of aromatic nitrogens is 1. The van der Waals surface area contributed by atoms with Crippen LogP contribution in [0, 0.1) is 18.3 Å². The molecule has 3 aliphatic rings. The van der Waals surface area contributed by atoms with Gasteiger partial charge in [-0.15, -0.1) is 0 Å². The first-order valence-electron chi connectivity index (χ1n) is 9.59. The average Bonchev–Trinajstić information content (AvgIpc) is 3.45. The topological polar surface area (TPSA) is 51.7 Å². The monoisotopic (exact) mass is 344 g/mol. The normalized spacial score (nSPS) is 29.3. The molecule has 1 aromatic heterocycles. The molecule has 2 saturated heterocycles. The SMILES string of the molecule is Cc1cccc(C(=O)N2CCC3OCCCC3(COCC3CC3)C2)n1. The van der Waals surface area contributed by atoms with Crippen LogP contribution in [0.25, 0.3) is 0 Å². The van der Waals surface area contributed by atoms with Gasteiger partial charge in [0.25, 0.3) is 5.91 Å². The summed E-state index contributed by atoms with van der Waals surface area (Å²) in [6, 6.07) is 5.64. The molecule has 0 aromatic carbocycles. The van der Waals surface area contributed by atoms with Gasteiger partial charge < -0.3 is 14.4 Å². The molecular formula is C20H28N2O3. The first-order valence-corrected chi connectivity index (χ1v) is 9.59. The molecule has 5 heteroatoms. The molecule has 3 heterocycles. The van der Waals surface area contributed by atoms with Gasteiger partial charge in [-0.3, -0.25) is 4.79 Å². The zero-order chi connectivity index (χ0) is 17.3. The van der Waals surface area contributed by atoms with E-state index >= 15 is 0 Å². The quantitative estimate of drug-likeness (QED) is 0.824. The molecule has 1 aliphatic carbocycles. The van der Waals surface area contributed by atoms with Gasteiger partial charge in [-0.05, 0) is 57.1 Å². The predicted molar refractivity (Wildman–Crippen MR) is 94.4 cm³/mol. The molecule has 0 spiro atoms. The van der Waals surface area contributed by atoms with Crippen molar-refractivity contribution in [2.45, 2.75) is 45.1 Å². The van der Waals surface area contributed by atoms with Crippen LogP contribution in [0.15, 0.2) is 18.2 Å². The van der Waals surface area contributed by atoms with E-state index in [1.165, 1.54) is 12.8 Å². The number of piperidine rings is 1. The number of nitrogens with zero attached hydrogens (tertiary/aromatic N) is 2. The number of fused-ring (bicyclic) bond motifs is 1. The molecule has 25 heavy (non-hydrogen) atoms. The molecule has 0 radical (unpaired) electrons. The summed E-state index contributed by atoms with van der Waals surface area (Å²) in [5.41, 5.74) is 1.37. The molecule has 1 aromatic rings. The Hall–Kier alpha value is -1.46. The van der Waals surface area contributed by atoms with Crippen LogP contribution in [0.2, 0.25) is 0 Å². The number of rotatable bonds is 5. The number of carbonyl (C=O) groups is 1. The summed E-state index contributed by atoms with van der Waals surface area (Å²) >= 11 is 0.